The molecule has 3 aromatic carbocycles. The second kappa shape index (κ2) is 13.6. The summed E-state index contributed by atoms with van der Waals surface area (Å²) in [6, 6.07) is 17.4. The van der Waals surface area contributed by atoms with Crippen LogP contribution in [-0.4, -0.2) is 55.0 Å². The molecule has 0 aliphatic carbocycles. The molecule has 15 heteroatoms. The molecule has 0 saturated heterocycles. The minimum atomic E-state index is -2.03. The minimum Gasteiger partial charge on any atom is -0.497 e. The molecule has 3 heterocycles. The van der Waals surface area contributed by atoms with Crippen LogP contribution in [0.25, 0.3) is 22.9 Å². The van der Waals surface area contributed by atoms with Crippen molar-refractivity contribution in [3.8, 4) is 40.2 Å². The van der Waals surface area contributed by atoms with Crippen molar-refractivity contribution in [2.75, 3.05) is 18.9 Å². The van der Waals surface area contributed by atoms with E-state index in [1.807, 2.05) is 19.9 Å². The van der Waals surface area contributed by atoms with Crippen molar-refractivity contribution in [1.82, 2.24) is 24.4 Å². The van der Waals surface area contributed by atoms with Gasteiger partial charge in [-0.2, -0.15) is 9.31 Å². The van der Waals surface area contributed by atoms with Gasteiger partial charge in [-0.05, 0) is 80.9 Å². The van der Waals surface area contributed by atoms with E-state index in [-0.39, 0.29) is 11.5 Å². The van der Waals surface area contributed by atoms with Gasteiger partial charge in [-0.3, -0.25) is 14.6 Å². The largest absolute Gasteiger partial charge is 0.497 e. The average molecular weight is 688 g/mol. The van der Waals surface area contributed by atoms with Crippen molar-refractivity contribution in [3.05, 3.63) is 94.8 Å². The zero-order valence-corrected chi connectivity index (χ0v) is 28.0. The van der Waals surface area contributed by atoms with Crippen molar-refractivity contribution in [3.63, 3.8) is 0 Å². The first-order valence-electron chi connectivity index (χ1n) is 14.5. The number of carbonyl (C=O) groups excluding carboxylic acids is 1. The Labute approximate surface area is 282 Å². The van der Waals surface area contributed by atoms with Crippen LogP contribution in [0.15, 0.2) is 78.0 Å². The van der Waals surface area contributed by atoms with E-state index in [0.29, 0.717) is 67.6 Å². The Morgan fingerprint density at radius 2 is 1.81 bits per heavy atom. The van der Waals surface area contributed by atoms with Crippen LogP contribution < -0.4 is 18.4 Å². The highest BCUT2D eigenvalue weighted by Crippen LogP contribution is 2.35. The standard InChI is InChI=1S/C33H30ClN7O6S/c1-19-6-13-28(46-25-10-8-24(45-5)9-11-25)29(14-19)47-48(43)39-22-7-12-27(34)26(15-22)31-37-32-30(21(3)42)20(2)33(41(32)38-31)40-17-23(16-36-40)35-18-44-4/h6-18,39H,1-5H3,(H,37,38). The van der Waals surface area contributed by atoms with E-state index in [1.54, 1.807) is 83.3 Å². The van der Waals surface area contributed by atoms with Crippen molar-refractivity contribution >= 4 is 52.1 Å². The van der Waals surface area contributed by atoms with Crippen LogP contribution in [-0.2, 0) is 16.0 Å². The summed E-state index contributed by atoms with van der Waals surface area (Å²) in [6.07, 6.45) is 4.57. The van der Waals surface area contributed by atoms with E-state index < -0.39 is 11.3 Å². The number of ketones is 1. The molecule has 3 aromatic heterocycles. The number of ether oxygens (including phenoxy) is 3. The van der Waals surface area contributed by atoms with Gasteiger partial charge in [0.2, 0.25) is 0 Å². The number of anilines is 1. The molecule has 0 fully saturated rings. The molecule has 0 radical (unpaired) electrons. The maximum absolute atomic E-state index is 13.2. The Balaban J connectivity index is 1.28. The number of Topliss-reactive ketones (excluding diaryl/α,β-unsaturated/α-hetero) is 1. The highest BCUT2D eigenvalue weighted by Gasteiger charge is 2.25. The molecular formula is C33H30ClN7O6S. The number of nitrogens with one attached hydrogen (secondary N) is 2. The van der Waals surface area contributed by atoms with E-state index in [2.05, 4.69) is 19.9 Å². The lowest BCUT2D eigenvalue weighted by atomic mass is 10.1. The highest BCUT2D eigenvalue weighted by molar-refractivity contribution is 7.82. The Hall–Kier alpha value is -5.60. The molecule has 1 atom stereocenters. The number of halogens is 1. The molecule has 0 aliphatic rings. The number of hydrogen-bond donors (Lipinski definition) is 2. The molecule has 0 saturated carbocycles. The van der Waals surface area contributed by atoms with Gasteiger partial charge in [-0.1, -0.05) is 17.7 Å². The monoisotopic (exact) mass is 687 g/mol. The molecule has 0 amide bonds. The van der Waals surface area contributed by atoms with Crippen molar-refractivity contribution in [2.45, 2.75) is 20.8 Å². The van der Waals surface area contributed by atoms with E-state index >= 15 is 0 Å². The molecule has 6 rings (SSSR count). The van der Waals surface area contributed by atoms with Crippen LogP contribution in [0.4, 0.5) is 11.4 Å². The van der Waals surface area contributed by atoms with E-state index in [9.17, 15) is 9.00 Å². The second-order valence-electron chi connectivity index (χ2n) is 10.6. The fraction of sp³-hybridized carbons (Fsp3) is 0.152. The Bertz CT molecular complexity index is 2190. The lowest BCUT2D eigenvalue weighted by Crippen LogP contribution is -2.11. The predicted octanol–water partition coefficient (Wildman–Crippen LogP) is 7.16. The van der Waals surface area contributed by atoms with E-state index in [1.165, 1.54) is 20.4 Å². The third-order valence-corrected chi connectivity index (χ3v) is 8.28. The van der Waals surface area contributed by atoms with Gasteiger partial charge in [0.25, 0.3) is 0 Å². The number of H-pyrrole nitrogens is 1. The highest BCUT2D eigenvalue weighted by atomic mass is 35.5. The summed E-state index contributed by atoms with van der Waals surface area (Å²) in [4.78, 5) is 21.7. The van der Waals surface area contributed by atoms with Crippen molar-refractivity contribution < 1.29 is 27.4 Å². The summed E-state index contributed by atoms with van der Waals surface area (Å²) in [5.41, 5.74) is 3.88. The summed E-state index contributed by atoms with van der Waals surface area (Å²) in [5.74, 6) is 2.68. The molecule has 0 spiro atoms. The molecule has 246 valence electrons. The SMILES string of the molecule is COC=Nc1cnn(-c2c(C)c(C(C)=O)c3nc(-c4cc(NS(=O)Oc5cc(C)ccc5Oc5ccc(OC)cc5)ccc4Cl)[nH]n23)c1. The van der Waals surface area contributed by atoms with Gasteiger partial charge in [0, 0.05) is 11.1 Å². The first-order valence-corrected chi connectivity index (χ1v) is 15.9. The fourth-order valence-electron chi connectivity index (χ4n) is 5.04. The van der Waals surface area contributed by atoms with Crippen molar-refractivity contribution in [1.29, 1.82) is 0 Å². The topological polar surface area (TPSA) is 146 Å². The van der Waals surface area contributed by atoms with E-state index in [4.69, 9.17) is 35.0 Å². The zero-order valence-electron chi connectivity index (χ0n) is 26.5. The molecule has 1 unspecified atom stereocenters. The number of aromatic amines is 1. The molecule has 0 bridgehead atoms. The lowest BCUT2D eigenvalue weighted by molar-refractivity contribution is 0.101. The first kappa shape index (κ1) is 32.3. The number of fused-ring (bicyclic) bond motifs is 1. The molecule has 6 aromatic rings. The molecule has 2 N–H and O–H groups in total. The Morgan fingerprint density at radius 1 is 1.04 bits per heavy atom. The van der Waals surface area contributed by atoms with Gasteiger partial charge < -0.3 is 18.4 Å². The van der Waals surface area contributed by atoms with Crippen LogP contribution in [0, 0.1) is 13.8 Å². The normalized spacial score (nSPS) is 12.0. The maximum atomic E-state index is 13.2. The lowest BCUT2D eigenvalue weighted by Gasteiger charge is -2.13. The Kier molecular flexibility index (Phi) is 9.19. The van der Waals surface area contributed by atoms with Gasteiger partial charge in [-0.15, -0.1) is 0 Å². The number of aliphatic imine (C=N–C) groups is 1. The average Bonchev–Trinajstić information content (AvgIpc) is 3.76. The number of hydrogen-bond acceptors (Lipinski definition) is 9. The summed E-state index contributed by atoms with van der Waals surface area (Å²) in [6.45, 7) is 5.19. The zero-order chi connectivity index (χ0) is 33.9. The minimum absolute atomic E-state index is 0.167. The number of rotatable bonds is 12. The van der Waals surface area contributed by atoms with Crippen LogP contribution >= 0.6 is 11.6 Å². The van der Waals surface area contributed by atoms with E-state index in [0.717, 1.165) is 5.56 Å². The number of methoxy groups -OCH3 is 2. The number of aryl methyl sites for hydroxylation is 1. The summed E-state index contributed by atoms with van der Waals surface area (Å²) < 4.78 is 41.2. The molecule has 0 aliphatic heterocycles. The van der Waals surface area contributed by atoms with Gasteiger partial charge >= 0.3 is 11.3 Å². The molecule has 13 nitrogen and oxygen atoms in total. The van der Waals surface area contributed by atoms with Crippen LogP contribution in [0.5, 0.6) is 23.0 Å². The summed E-state index contributed by atoms with van der Waals surface area (Å²) in [5, 5.41) is 8.02. The van der Waals surface area contributed by atoms with Gasteiger partial charge in [0.1, 0.15) is 17.2 Å². The van der Waals surface area contributed by atoms with Gasteiger partial charge in [0.15, 0.2) is 41.0 Å². The summed E-state index contributed by atoms with van der Waals surface area (Å²) in [7, 11) is 3.09. The third-order valence-electron chi connectivity index (χ3n) is 7.21. The number of aromatic nitrogens is 5. The fourth-order valence-corrected chi connectivity index (χ4v) is 5.90. The predicted molar refractivity (Wildman–Crippen MR) is 184 cm³/mol. The van der Waals surface area contributed by atoms with Gasteiger partial charge in [-0.25, -0.2) is 19.2 Å². The number of carbonyl (C=O) groups is 1. The molecular weight excluding hydrogens is 658 g/mol. The van der Waals surface area contributed by atoms with Crippen LogP contribution in [0.2, 0.25) is 5.02 Å². The number of nitrogens with zero attached hydrogens (tertiary/aromatic N) is 5. The second-order valence-corrected chi connectivity index (χ2v) is 11.8. The van der Waals surface area contributed by atoms with Gasteiger partial charge in [0.05, 0.1) is 42.9 Å². The third kappa shape index (κ3) is 6.61. The summed E-state index contributed by atoms with van der Waals surface area (Å²) >= 11 is 4.60. The first-order chi connectivity index (χ1) is 23.1. The van der Waals surface area contributed by atoms with Crippen molar-refractivity contribution in [2.24, 2.45) is 4.99 Å². The smallest absolute Gasteiger partial charge is 0.316 e. The maximum Gasteiger partial charge on any atom is 0.316 e. The Morgan fingerprint density at radius 3 is 2.54 bits per heavy atom. The quantitative estimate of drug-likeness (QED) is 0.0783. The van der Waals surface area contributed by atoms with Crippen LogP contribution in [0.1, 0.15) is 28.4 Å². The number of benzene rings is 3. The van der Waals surface area contributed by atoms with Crippen LogP contribution in [0.3, 0.4) is 0 Å². The molecule has 48 heavy (non-hydrogen) atoms.